The molecule has 2 rings (SSSR count). The monoisotopic (exact) mass is 384 g/mol. The number of carbonyl (C=O) groups excluding carboxylic acids is 2. The van der Waals surface area contributed by atoms with E-state index in [9.17, 15) is 9.59 Å². The van der Waals surface area contributed by atoms with Gasteiger partial charge in [0.25, 0.3) is 5.91 Å². The number of hydrogen-bond donors (Lipinski definition) is 2. The lowest BCUT2D eigenvalue weighted by Gasteiger charge is -2.10. The number of rotatable bonds is 10. The highest BCUT2D eigenvalue weighted by Crippen LogP contribution is 2.28. The summed E-state index contributed by atoms with van der Waals surface area (Å²) in [6.07, 6.45) is 3.09. The van der Waals surface area contributed by atoms with Gasteiger partial charge in [-0.1, -0.05) is 18.2 Å². The molecule has 0 saturated heterocycles. The Bertz CT molecular complexity index is 848. The van der Waals surface area contributed by atoms with Crippen molar-refractivity contribution in [2.75, 3.05) is 20.3 Å². The van der Waals surface area contributed by atoms with Crippen molar-refractivity contribution in [3.63, 3.8) is 0 Å². The van der Waals surface area contributed by atoms with Crippen molar-refractivity contribution in [1.82, 2.24) is 5.32 Å². The molecule has 0 bridgehead atoms. The van der Waals surface area contributed by atoms with Crippen molar-refractivity contribution in [3.8, 4) is 17.2 Å². The summed E-state index contributed by atoms with van der Waals surface area (Å²) in [5.74, 6) is 0.813. The van der Waals surface area contributed by atoms with Gasteiger partial charge in [0, 0.05) is 12.6 Å². The van der Waals surface area contributed by atoms with Crippen LogP contribution in [0.25, 0.3) is 6.08 Å². The molecule has 0 heterocycles. The van der Waals surface area contributed by atoms with Crippen LogP contribution in [0.1, 0.15) is 18.1 Å². The largest absolute Gasteiger partial charge is 0.494 e. The van der Waals surface area contributed by atoms with Crippen molar-refractivity contribution >= 4 is 17.9 Å². The maximum Gasteiger partial charge on any atom is 0.255 e. The predicted octanol–water partition coefficient (Wildman–Crippen LogP) is 2.29. The molecule has 0 aliphatic heterocycles. The Balaban J connectivity index is 1.94. The second kappa shape index (κ2) is 10.6. The van der Waals surface area contributed by atoms with E-state index in [2.05, 4.69) is 5.32 Å². The Morgan fingerprint density at radius 2 is 1.93 bits per heavy atom. The predicted molar refractivity (Wildman–Crippen MR) is 106 cm³/mol. The van der Waals surface area contributed by atoms with Crippen molar-refractivity contribution in [2.24, 2.45) is 5.73 Å². The van der Waals surface area contributed by atoms with Crippen LogP contribution in [0.15, 0.2) is 48.5 Å². The Morgan fingerprint density at radius 3 is 2.64 bits per heavy atom. The number of nitrogens with one attached hydrogen (secondary N) is 1. The SMILES string of the molecule is CCOc1cccc(CNC(=O)C=Cc2ccc(OCC(N)=O)c(OC)c2)c1. The van der Waals surface area contributed by atoms with Crippen LogP contribution in [0, 0.1) is 0 Å². The van der Waals surface area contributed by atoms with Crippen LogP contribution < -0.4 is 25.3 Å². The van der Waals surface area contributed by atoms with E-state index in [4.69, 9.17) is 19.9 Å². The summed E-state index contributed by atoms with van der Waals surface area (Å²) < 4.78 is 16.0. The fourth-order valence-corrected chi connectivity index (χ4v) is 2.39. The van der Waals surface area contributed by atoms with Crippen LogP contribution in [0.2, 0.25) is 0 Å². The number of primary amides is 1. The topological polar surface area (TPSA) is 99.9 Å². The van der Waals surface area contributed by atoms with Crippen LogP contribution in [0.3, 0.4) is 0 Å². The van der Waals surface area contributed by atoms with E-state index in [-0.39, 0.29) is 12.5 Å². The lowest BCUT2D eigenvalue weighted by atomic mass is 10.2. The first-order chi connectivity index (χ1) is 13.5. The lowest BCUT2D eigenvalue weighted by molar-refractivity contribution is -0.120. The van der Waals surface area contributed by atoms with Crippen LogP contribution in [0.5, 0.6) is 17.2 Å². The third kappa shape index (κ3) is 6.68. The highest BCUT2D eigenvalue weighted by Gasteiger charge is 2.06. The molecule has 0 atom stereocenters. The molecule has 0 saturated carbocycles. The number of ether oxygens (including phenoxy) is 3. The Morgan fingerprint density at radius 1 is 1.11 bits per heavy atom. The van der Waals surface area contributed by atoms with Crippen molar-refractivity contribution in [3.05, 3.63) is 59.7 Å². The van der Waals surface area contributed by atoms with E-state index in [1.807, 2.05) is 31.2 Å². The van der Waals surface area contributed by atoms with Crippen molar-refractivity contribution < 1.29 is 23.8 Å². The van der Waals surface area contributed by atoms with Gasteiger partial charge in [-0.3, -0.25) is 9.59 Å². The number of amides is 2. The average molecular weight is 384 g/mol. The molecular weight excluding hydrogens is 360 g/mol. The average Bonchev–Trinajstić information content (AvgIpc) is 2.69. The molecule has 2 amide bonds. The van der Waals surface area contributed by atoms with Crippen molar-refractivity contribution in [2.45, 2.75) is 13.5 Å². The van der Waals surface area contributed by atoms with Gasteiger partial charge in [0.2, 0.25) is 5.91 Å². The van der Waals surface area contributed by atoms with Gasteiger partial charge in [-0.05, 0) is 48.4 Å². The molecule has 0 radical (unpaired) electrons. The normalized spacial score (nSPS) is 10.5. The van der Waals surface area contributed by atoms with E-state index in [1.165, 1.54) is 13.2 Å². The summed E-state index contributed by atoms with van der Waals surface area (Å²) in [6, 6.07) is 12.7. The summed E-state index contributed by atoms with van der Waals surface area (Å²) >= 11 is 0. The molecule has 2 aromatic rings. The third-order valence-electron chi connectivity index (χ3n) is 3.66. The van der Waals surface area contributed by atoms with E-state index in [0.717, 1.165) is 16.9 Å². The molecule has 148 valence electrons. The molecule has 0 aliphatic carbocycles. The van der Waals surface area contributed by atoms with Crippen LogP contribution in [0.4, 0.5) is 0 Å². The number of carbonyl (C=O) groups is 2. The van der Waals surface area contributed by atoms with Gasteiger partial charge in [0.1, 0.15) is 5.75 Å². The number of methoxy groups -OCH3 is 1. The lowest BCUT2D eigenvalue weighted by Crippen LogP contribution is -2.20. The maximum absolute atomic E-state index is 12.1. The summed E-state index contributed by atoms with van der Waals surface area (Å²) in [7, 11) is 1.49. The van der Waals surface area contributed by atoms with Crippen molar-refractivity contribution in [1.29, 1.82) is 0 Å². The fraction of sp³-hybridized carbons (Fsp3) is 0.238. The molecule has 0 aliphatic rings. The second-order valence-electron chi connectivity index (χ2n) is 5.80. The zero-order chi connectivity index (χ0) is 20.4. The summed E-state index contributed by atoms with van der Waals surface area (Å²) in [6.45, 7) is 2.67. The van der Waals surface area contributed by atoms with Gasteiger partial charge in [-0.15, -0.1) is 0 Å². The molecule has 3 N–H and O–H groups in total. The third-order valence-corrected chi connectivity index (χ3v) is 3.66. The van der Waals surface area contributed by atoms with E-state index in [0.29, 0.717) is 24.7 Å². The number of benzene rings is 2. The second-order valence-corrected chi connectivity index (χ2v) is 5.80. The molecular formula is C21H24N2O5. The van der Waals surface area contributed by atoms with E-state index in [1.54, 1.807) is 24.3 Å². The highest BCUT2D eigenvalue weighted by molar-refractivity contribution is 5.91. The van der Waals surface area contributed by atoms with E-state index < -0.39 is 5.91 Å². The first-order valence-electron chi connectivity index (χ1n) is 8.78. The Hall–Kier alpha value is -3.48. The molecule has 0 unspecified atom stereocenters. The molecule has 0 aromatic heterocycles. The minimum atomic E-state index is -0.575. The molecule has 7 nitrogen and oxygen atoms in total. The molecule has 0 fully saturated rings. The zero-order valence-corrected chi connectivity index (χ0v) is 15.9. The molecule has 0 spiro atoms. The smallest absolute Gasteiger partial charge is 0.255 e. The first kappa shape index (κ1) is 20.8. The van der Waals surface area contributed by atoms with Gasteiger partial charge >= 0.3 is 0 Å². The fourth-order valence-electron chi connectivity index (χ4n) is 2.39. The molecule has 28 heavy (non-hydrogen) atoms. The van der Waals surface area contributed by atoms with Crippen LogP contribution >= 0.6 is 0 Å². The molecule has 2 aromatic carbocycles. The Kier molecular flexibility index (Phi) is 7.90. The summed E-state index contributed by atoms with van der Waals surface area (Å²) in [4.78, 5) is 22.9. The minimum absolute atomic E-state index is 0.227. The van der Waals surface area contributed by atoms with Crippen LogP contribution in [-0.2, 0) is 16.1 Å². The highest BCUT2D eigenvalue weighted by atomic mass is 16.5. The summed E-state index contributed by atoms with van der Waals surface area (Å²) in [5, 5.41) is 2.82. The Labute approximate surface area is 164 Å². The van der Waals surface area contributed by atoms with Crippen LogP contribution in [-0.4, -0.2) is 32.1 Å². The van der Waals surface area contributed by atoms with Gasteiger partial charge in [-0.25, -0.2) is 0 Å². The first-order valence-corrected chi connectivity index (χ1v) is 8.78. The van der Waals surface area contributed by atoms with Gasteiger partial charge in [-0.2, -0.15) is 0 Å². The van der Waals surface area contributed by atoms with Gasteiger partial charge in [0.05, 0.1) is 13.7 Å². The number of nitrogens with two attached hydrogens (primary N) is 1. The summed E-state index contributed by atoms with van der Waals surface area (Å²) in [5.41, 5.74) is 6.77. The minimum Gasteiger partial charge on any atom is -0.494 e. The standard InChI is InChI=1S/C21H24N2O5/c1-3-27-17-6-4-5-16(11-17)13-23-21(25)10-8-15-7-9-18(19(12-15)26-2)28-14-20(22)24/h4-12H,3,13-14H2,1-2H3,(H2,22,24)(H,23,25). The van der Waals surface area contributed by atoms with Gasteiger partial charge in [0.15, 0.2) is 18.1 Å². The van der Waals surface area contributed by atoms with Gasteiger partial charge < -0.3 is 25.3 Å². The number of hydrogen-bond acceptors (Lipinski definition) is 5. The van der Waals surface area contributed by atoms with E-state index >= 15 is 0 Å². The quantitative estimate of drug-likeness (QED) is 0.612. The maximum atomic E-state index is 12.1. The zero-order valence-electron chi connectivity index (χ0n) is 15.9. The molecule has 7 heteroatoms.